The molecule has 0 atom stereocenters. The number of fused-ring (bicyclic) bond motifs is 1. The van der Waals surface area contributed by atoms with Crippen molar-refractivity contribution < 1.29 is 14.3 Å². The highest BCUT2D eigenvalue weighted by molar-refractivity contribution is 5.85. The molecule has 3 N–H and O–H groups in total. The molecule has 0 aliphatic carbocycles. The van der Waals surface area contributed by atoms with Crippen molar-refractivity contribution in [3.05, 3.63) is 17.6 Å². The molecule has 2 amide bonds. The second kappa shape index (κ2) is 10.8. The zero-order valence-electron chi connectivity index (χ0n) is 17.3. The highest BCUT2D eigenvalue weighted by Gasteiger charge is 2.14. The maximum absolute atomic E-state index is 11.9. The molecule has 156 valence electrons. The van der Waals surface area contributed by atoms with Crippen LogP contribution in [0.2, 0.25) is 0 Å². The van der Waals surface area contributed by atoms with E-state index in [9.17, 15) is 4.79 Å². The van der Waals surface area contributed by atoms with E-state index in [2.05, 4.69) is 19.9 Å². The highest BCUT2D eigenvalue weighted by Crippen LogP contribution is 2.22. The predicted octanol–water partition coefficient (Wildman–Crippen LogP) is 1.58. The number of aryl methyl sites for hydroxylation is 1. The number of carbonyl (C=O) groups is 1. The minimum Gasteiger partial charge on any atom is -0.384 e. The summed E-state index contributed by atoms with van der Waals surface area (Å²) in [6.07, 6.45) is 0.684. The van der Waals surface area contributed by atoms with Crippen LogP contribution < -0.4 is 11.1 Å². The Bertz CT molecular complexity index is 773. The van der Waals surface area contributed by atoms with Gasteiger partial charge >= 0.3 is 6.03 Å². The molecule has 0 aliphatic rings. The third-order valence-electron chi connectivity index (χ3n) is 4.53. The minimum absolute atomic E-state index is 0.0606. The van der Waals surface area contributed by atoms with Crippen LogP contribution >= 0.6 is 0 Å². The third kappa shape index (κ3) is 5.56. The van der Waals surface area contributed by atoms with Crippen LogP contribution in [-0.2, 0) is 22.4 Å². The summed E-state index contributed by atoms with van der Waals surface area (Å²) in [7, 11) is 1.67. The second-order valence-electron chi connectivity index (χ2n) is 6.46. The summed E-state index contributed by atoms with van der Waals surface area (Å²) in [4.78, 5) is 22.6. The summed E-state index contributed by atoms with van der Waals surface area (Å²) in [5.41, 5.74) is 8.56. The number of hydrogen-bond donors (Lipinski definition) is 2. The van der Waals surface area contributed by atoms with Gasteiger partial charge in [-0.25, -0.2) is 14.8 Å². The molecule has 0 fully saturated rings. The zero-order valence-corrected chi connectivity index (χ0v) is 17.3. The van der Waals surface area contributed by atoms with Crippen molar-refractivity contribution in [1.82, 2.24) is 24.8 Å². The van der Waals surface area contributed by atoms with E-state index in [4.69, 9.17) is 15.2 Å². The first-order valence-corrected chi connectivity index (χ1v) is 9.73. The molecule has 0 spiro atoms. The number of rotatable bonds is 11. The van der Waals surface area contributed by atoms with Gasteiger partial charge in [0.2, 0.25) is 0 Å². The van der Waals surface area contributed by atoms with Crippen molar-refractivity contribution in [2.75, 3.05) is 52.3 Å². The number of imidazole rings is 1. The van der Waals surface area contributed by atoms with E-state index >= 15 is 0 Å². The van der Waals surface area contributed by atoms with Gasteiger partial charge in [-0.05, 0) is 26.8 Å². The van der Waals surface area contributed by atoms with Gasteiger partial charge in [0.05, 0.1) is 25.3 Å². The monoisotopic (exact) mass is 392 g/mol. The van der Waals surface area contributed by atoms with E-state index in [0.29, 0.717) is 63.8 Å². The number of amides is 2. The molecule has 0 unspecified atom stereocenters. The Morgan fingerprint density at radius 3 is 2.68 bits per heavy atom. The number of nitrogen functional groups attached to an aromatic ring is 1. The van der Waals surface area contributed by atoms with E-state index < -0.39 is 0 Å². The Morgan fingerprint density at radius 2 is 2.00 bits per heavy atom. The summed E-state index contributed by atoms with van der Waals surface area (Å²) in [6.45, 7) is 9.88. The van der Waals surface area contributed by atoms with Crippen molar-refractivity contribution in [3.8, 4) is 0 Å². The van der Waals surface area contributed by atoms with E-state index in [-0.39, 0.29) is 6.03 Å². The van der Waals surface area contributed by atoms with Crippen molar-refractivity contribution in [3.63, 3.8) is 0 Å². The number of carbonyl (C=O) groups excluding carboxylic acids is 1. The highest BCUT2D eigenvalue weighted by atomic mass is 16.5. The molecule has 2 aromatic rings. The van der Waals surface area contributed by atoms with Crippen LogP contribution in [0, 0.1) is 6.92 Å². The Morgan fingerprint density at radius 1 is 1.25 bits per heavy atom. The molecule has 0 saturated heterocycles. The number of urea groups is 1. The quantitative estimate of drug-likeness (QED) is 0.562. The SMILES string of the molecule is CCN(CC)C(=O)NCCOCCn1c(CCOC)nc2c(N)nc(C)cc21. The minimum atomic E-state index is -0.0606. The van der Waals surface area contributed by atoms with Crippen LogP contribution in [0.25, 0.3) is 11.0 Å². The van der Waals surface area contributed by atoms with Crippen molar-refractivity contribution in [1.29, 1.82) is 0 Å². The molecule has 0 aromatic carbocycles. The Balaban J connectivity index is 1.93. The largest absolute Gasteiger partial charge is 0.384 e. The molecule has 0 aliphatic heterocycles. The molecule has 2 rings (SSSR count). The van der Waals surface area contributed by atoms with E-state index in [1.165, 1.54) is 0 Å². The number of nitrogens with zero attached hydrogens (tertiary/aromatic N) is 4. The summed E-state index contributed by atoms with van der Waals surface area (Å²) >= 11 is 0. The Labute approximate surface area is 166 Å². The summed E-state index contributed by atoms with van der Waals surface area (Å²) in [5, 5.41) is 2.86. The van der Waals surface area contributed by atoms with Crippen molar-refractivity contribution in [2.24, 2.45) is 0 Å². The van der Waals surface area contributed by atoms with Crippen molar-refractivity contribution in [2.45, 2.75) is 33.7 Å². The molecular formula is C19H32N6O3. The molecular weight excluding hydrogens is 360 g/mol. The van der Waals surface area contributed by atoms with Gasteiger partial charge in [-0.1, -0.05) is 0 Å². The molecule has 2 heterocycles. The number of ether oxygens (including phenoxy) is 2. The first-order chi connectivity index (χ1) is 13.5. The number of hydrogen-bond acceptors (Lipinski definition) is 6. The van der Waals surface area contributed by atoms with Crippen LogP contribution in [0.4, 0.5) is 10.6 Å². The predicted molar refractivity (Wildman–Crippen MR) is 109 cm³/mol. The van der Waals surface area contributed by atoms with Crippen LogP contribution in [0.5, 0.6) is 0 Å². The third-order valence-corrected chi connectivity index (χ3v) is 4.53. The van der Waals surface area contributed by atoms with Crippen LogP contribution in [0.15, 0.2) is 6.07 Å². The normalized spacial score (nSPS) is 11.1. The molecule has 0 radical (unpaired) electrons. The lowest BCUT2D eigenvalue weighted by molar-refractivity contribution is 0.126. The average Bonchev–Trinajstić information content (AvgIpc) is 3.01. The van der Waals surface area contributed by atoms with Crippen LogP contribution in [-0.4, -0.2) is 72.0 Å². The lowest BCUT2D eigenvalue weighted by atomic mass is 10.3. The number of aromatic nitrogens is 3. The standard InChI is InChI=1S/C19H32N6O3/c1-5-24(6-2)19(26)21-8-11-28-12-9-25-15-13-14(3)22-18(20)17(15)23-16(25)7-10-27-4/h13H,5-12H2,1-4H3,(H2,20,22)(H,21,26). The average molecular weight is 393 g/mol. The van der Waals surface area contributed by atoms with Gasteiger partial charge in [0, 0.05) is 45.4 Å². The van der Waals surface area contributed by atoms with Gasteiger partial charge in [0.15, 0.2) is 5.82 Å². The van der Waals surface area contributed by atoms with Gasteiger partial charge < -0.3 is 30.0 Å². The lowest BCUT2D eigenvalue weighted by Gasteiger charge is -2.19. The van der Waals surface area contributed by atoms with Gasteiger partial charge in [-0.2, -0.15) is 0 Å². The summed E-state index contributed by atoms with van der Waals surface area (Å²) in [6, 6.07) is 1.92. The number of nitrogens with one attached hydrogen (secondary N) is 1. The summed E-state index contributed by atoms with van der Waals surface area (Å²) < 4.78 is 13.0. The van der Waals surface area contributed by atoms with E-state index in [1.54, 1.807) is 12.0 Å². The van der Waals surface area contributed by atoms with Crippen LogP contribution in [0.1, 0.15) is 25.4 Å². The van der Waals surface area contributed by atoms with Crippen LogP contribution in [0.3, 0.4) is 0 Å². The molecule has 0 saturated carbocycles. The molecule has 9 nitrogen and oxygen atoms in total. The first kappa shape index (κ1) is 21.9. The lowest BCUT2D eigenvalue weighted by Crippen LogP contribution is -2.41. The van der Waals surface area contributed by atoms with E-state index in [0.717, 1.165) is 17.0 Å². The van der Waals surface area contributed by atoms with Gasteiger partial charge in [-0.3, -0.25) is 0 Å². The first-order valence-electron chi connectivity index (χ1n) is 9.73. The fourth-order valence-electron chi connectivity index (χ4n) is 3.07. The van der Waals surface area contributed by atoms with Gasteiger partial charge in [-0.15, -0.1) is 0 Å². The maximum Gasteiger partial charge on any atom is 0.317 e. The fraction of sp³-hybridized carbons (Fsp3) is 0.632. The Kier molecular flexibility index (Phi) is 8.46. The number of pyridine rings is 1. The smallest absolute Gasteiger partial charge is 0.317 e. The molecule has 28 heavy (non-hydrogen) atoms. The fourth-order valence-corrected chi connectivity index (χ4v) is 3.07. The molecule has 2 aromatic heterocycles. The zero-order chi connectivity index (χ0) is 20.5. The topological polar surface area (TPSA) is 108 Å². The second-order valence-corrected chi connectivity index (χ2v) is 6.46. The van der Waals surface area contributed by atoms with E-state index in [1.807, 2.05) is 26.8 Å². The van der Waals surface area contributed by atoms with Gasteiger partial charge in [0.1, 0.15) is 11.3 Å². The summed E-state index contributed by atoms with van der Waals surface area (Å²) in [5.74, 6) is 1.34. The maximum atomic E-state index is 11.9. The van der Waals surface area contributed by atoms with Gasteiger partial charge in [0.25, 0.3) is 0 Å². The Hall–Kier alpha value is -2.39. The van der Waals surface area contributed by atoms with Crippen molar-refractivity contribution >= 4 is 22.9 Å². The number of methoxy groups -OCH3 is 1. The molecule has 9 heteroatoms. The number of nitrogens with two attached hydrogens (primary N) is 1. The molecule has 0 bridgehead atoms. The number of anilines is 1.